The summed E-state index contributed by atoms with van der Waals surface area (Å²) in [6.07, 6.45) is 4.52. The van der Waals surface area contributed by atoms with Crippen molar-refractivity contribution in [3.05, 3.63) is 84.7 Å². The number of aromatic nitrogens is 2. The van der Waals surface area contributed by atoms with E-state index >= 15 is 0 Å². The van der Waals surface area contributed by atoms with E-state index < -0.39 is 10.8 Å². The molecule has 0 spiro atoms. The molecule has 0 saturated carbocycles. The van der Waals surface area contributed by atoms with Crippen LogP contribution in [-0.4, -0.2) is 19.4 Å². The number of nitrogens with one attached hydrogen (secondary N) is 1. The Kier molecular flexibility index (Phi) is 4.21. The van der Waals surface area contributed by atoms with Crippen LogP contribution in [0.4, 0.5) is 0 Å². The molecule has 0 saturated heterocycles. The van der Waals surface area contributed by atoms with Gasteiger partial charge >= 0.3 is 0 Å². The van der Waals surface area contributed by atoms with Crippen LogP contribution in [0.15, 0.2) is 84.0 Å². The van der Waals surface area contributed by atoms with E-state index in [9.17, 15) is 4.21 Å². The second kappa shape index (κ2) is 6.88. The molecule has 0 radical (unpaired) electrons. The maximum Gasteiger partial charge on any atom is 0.0564 e. The van der Waals surface area contributed by atoms with Gasteiger partial charge in [0.1, 0.15) is 0 Å². The Morgan fingerprint density at radius 2 is 1.71 bits per heavy atom. The molecule has 0 bridgehead atoms. The normalized spacial score (nSPS) is 18.2. The zero-order chi connectivity index (χ0) is 19.1. The largest absolute Gasteiger partial charge is 0.354 e. The SMILES string of the molecule is CC1Cc2cc(-c3cc(-c4ccncc4)c(-c4ccccc4)[nH]3)ccc2S1=O. The predicted molar refractivity (Wildman–Crippen MR) is 114 cm³/mol. The summed E-state index contributed by atoms with van der Waals surface area (Å²) in [5, 5.41) is 0.196. The van der Waals surface area contributed by atoms with Crippen molar-refractivity contribution >= 4 is 10.8 Å². The first kappa shape index (κ1) is 17.1. The van der Waals surface area contributed by atoms with Crippen LogP contribution in [-0.2, 0) is 17.2 Å². The second-order valence-electron chi connectivity index (χ2n) is 7.21. The molecule has 4 aromatic rings. The minimum atomic E-state index is -0.883. The lowest BCUT2D eigenvalue weighted by Gasteiger charge is -2.04. The third-order valence-corrected chi connectivity index (χ3v) is 7.06. The number of pyridine rings is 1. The fraction of sp³-hybridized carbons (Fsp3) is 0.125. The molecule has 2 aromatic heterocycles. The smallest absolute Gasteiger partial charge is 0.0564 e. The van der Waals surface area contributed by atoms with Gasteiger partial charge in [-0.1, -0.05) is 43.3 Å². The molecule has 2 atom stereocenters. The Bertz CT molecular complexity index is 1110. The zero-order valence-corrected chi connectivity index (χ0v) is 16.4. The van der Waals surface area contributed by atoms with Gasteiger partial charge in [0, 0.05) is 33.8 Å². The van der Waals surface area contributed by atoms with Crippen molar-refractivity contribution in [2.24, 2.45) is 0 Å². The molecule has 3 heterocycles. The van der Waals surface area contributed by atoms with Crippen LogP contribution >= 0.6 is 0 Å². The lowest BCUT2D eigenvalue weighted by molar-refractivity contribution is 0.678. The van der Waals surface area contributed by atoms with Crippen molar-refractivity contribution in [3.63, 3.8) is 0 Å². The summed E-state index contributed by atoms with van der Waals surface area (Å²) in [6.45, 7) is 2.06. The van der Waals surface area contributed by atoms with Crippen molar-refractivity contribution in [2.45, 2.75) is 23.5 Å². The second-order valence-corrected chi connectivity index (χ2v) is 9.05. The summed E-state index contributed by atoms with van der Waals surface area (Å²) in [5.41, 5.74) is 7.93. The fourth-order valence-electron chi connectivity index (χ4n) is 3.91. The highest BCUT2D eigenvalue weighted by molar-refractivity contribution is 7.86. The maximum atomic E-state index is 12.4. The van der Waals surface area contributed by atoms with Gasteiger partial charge in [0.2, 0.25) is 0 Å². The highest BCUT2D eigenvalue weighted by atomic mass is 32.2. The molecule has 5 rings (SSSR count). The lowest BCUT2D eigenvalue weighted by atomic mass is 10.0. The summed E-state index contributed by atoms with van der Waals surface area (Å²) in [6, 6.07) is 22.9. The number of rotatable bonds is 3. The van der Waals surface area contributed by atoms with Gasteiger partial charge in [0.25, 0.3) is 0 Å². The van der Waals surface area contributed by atoms with Gasteiger partial charge in [-0.3, -0.25) is 9.19 Å². The van der Waals surface area contributed by atoms with Crippen LogP contribution in [0.2, 0.25) is 0 Å². The van der Waals surface area contributed by atoms with Crippen LogP contribution in [0.5, 0.6) is 0 Å². The molecule has 0 fully saturated rings. The molecule has 4 heteroatoms. The number of nitrogens with zero attached hydrogens (tertiary/aromatic N) is 1. The molecule has 2 unspecified atom stereocenters. The number of fused-ring (bicyclic) bond motifs is 1. The topological polar surface area (TPSA) is 45.8 Å². The molecule has 1 aliphatic rings. The van der Waals surface area contributed by atoms with Gasteiger partial charge in [-0.05, 0) is 59.0 Å². The van der Waals surface area contributed by atoms with E-state index in [1.165, 1.54) is 5.56 Å². The van der Waals surface area contributed by atoms with Gasteiger partial charge in [-0.2, -0.15) is 0 Å². The molecule has 3 nitrogen and oxygen atoms in total. The molecular formula is C24H20N2OS. The van der Waals surface area contributed by atoms with Gasteiger partial charge in [0.05, 0.1) is 16.5 Å². The van der Waals surface area contributed by atoms with E-state index in [1.54, 1.807) is 0 Å². The first-order valence-corrected chi connectivity index (χ1v) is 10.6. The molecule has 0 aliphatic carbocycles. The number of benzene rings is 2. The quantitative estimate of drug-likeness (QED) is 0.509. The van der Waals surface area contributed by atoms with E-state index in [-0.39, 0.29) is 5.25 Å². The predicted octanol–water partition coefficient (Wildman–Crippen LogP) is 5.46. The van der Waals surface area contributed by atoms with Crippen LogP contribution in [0.25, 0.3) is 33.6 Å². The average Bonchev–Trinajstić information content (AvgIpc) is 3.31. The summed E-state index contributed by atoms with van der Waals surface area (Å²) in [7, 11) is -0.883. The van der Waals surface area contributed by atoms with E-state index in [1.807, 2.05) is 36.7 Å². The Hall–Kier alpha value is -2.98. The third-order valence-electron chi connectivity index (χ3n) is 5.33. The first-order valence-electron chi connectivity index (χ1n) is 9.43. The number of hydrogen-bond donors (Lipinski definition) is 1. The molecule has 0 amide bonds. The monoisotopic (exact) mass is 384 g/mol. The molecule has 28 heavy (non-hydrogen) atoms. The number of aromatic amines is 1. The third kappa shape index (κ3) is 2.90. The van der Waals surface area contributed by atoms with Crippen molar-refractivity contribution in [1.82, 2.24) is 9.97 Å². The zero-order valence-electron chi connectivity index (χ0n) is 15.6. The molecule has 1 aliphatic heterocycles. The van der Waals surface area contributed by atoms with Gasteiger partial charge in [-0.15, -0.1) is 0 Å². The fourth-order valence-corrected chi connectivity index (χ4v) is 5.27. The van der Waals surface area contributed by atoms with Crippen molar-refractivity contribution < 1.29 is 4.21 Å². The van der Waals surface area contributed by atoms with E-state index in [0.717, 1.165) is 45.0 Å². The summed E-state index contributed by atoms with van der Waals surface area (Å²) >= 11 is 0. The highest BCUT2D eigenvalue weighted by Crippen LogP contribution is 2.37. The summed E-state index contributed by atoms with van der Waals surface area (Å²) < 4.78 is 12.4. The lowest BCUT2D eigenvalue weighted by Crippen LogP contribution is -2.03. The van der Waals surface area contributed by atoms with Crippen molar-refractivity contribution in [3.8, 4) is 33.6 Å². The van der Waals surface area contributed by atoms with Crippen LogP contribution < -0.4 is 0 Å². The Labute approximate surface area is 166 Å². The van der Waals surface area contributed by atoms with E-state index in [2.05, 4.69) is 59.4 Å². The maximum absolute atomic E-state index is 12.4. The number of H-pyrrole nitrogens is 1. The summed E-state index contributed by atoms with van der Waals surface area (Å²) in [4.78, 5) is 8.77. The highest BCUT2D eigenvalue weighted by Gasteiger charge is 2.26. The van der Waals surface area contributed by atoms with Crippen molar-refractivity contribution in [1.29, 1.82) is 0 Å². The van der Waals surface area contributed by atoms with Gasteiger partial charge < -0.3 is 4.98 Å². The van der Waals surface area contributed by atoms with Gasteiger partial charge in [-0.25, -0.2) is 0 Å². The Morgan fingerprint density at radius 1 is 0.929 bits per heavy atom. The minimum Gasteiger partial charge on any atom is -0.354 e. The van der Waals surface area contributed by atoms with E-state index in [4.69, 9.17) is 0 Å². The van der Waals surface area contributed by atoms with Crippen molar-refractivity contribution in [2.75, 3.05) is 0 Å². The Morgan fingerprint density at radius 3 is 2.50 bits per heavy atom. The first-order chi connectivity index (χ1) is 13.7. The molecule has 1 N–H and O–H groups in total. The minimum absolute atomic E-state index is 0.196. The average molecular weight is 385 g/mol. The van der Waals surface area contributed by atoms with Crippen LogP contribution in [0, 0.1) is 0 Å². The summed E-state index contributed by atoms with van der Waals surface area (Å²) in [5.74, 6) is 0. The number of hydrogen-bond acceptors (Lipinski definition) is 2. The van der Waals surface area contributed by atoms with Crippen LogP contribution in [0.3, 0.4) is 0 Å². The van der Waals surface area contributed by atoms with Crippen LogP contribution in [0.1, 0.15) is 12.5 Å². The molecule has 138 valence electrons. The molecule has 2 aromatic carbocycles. The standard InChI is InChI=1S/C24H20N2OS/c1-16-13-20-14-19(7-8-23(20)28(16)27)22-15-21(17-9-11-25-12-10-17)24(26-22)18-5-3-2-4-6-18/h2-12,14-16,26H,13H2,1H3. The Balaban J connectivity index is 1.65. The van der Waals surface area contributed by atoms with E-state index in [0.29, 0.717) is 0 Å². The molecular weight excluding hydrogens is 364 g/mol. The van der Waals surface area contributed by atoms with Gasteiger partial charge in [0.15, 0.2) is 0 Å².